The zero-order valence-electron chi connectivity index (χ0n) is 13.0. The minimum Gasteiger partial charge on any atom is -0.345 e. The molecule has 1 aliphatic rings. The first-order chi connectivity index (χ1) is 10.6. The summed E-state index contributed by atoms with van der Waals surface area (Å²) in [5.41, 5.74) is 0.989. The van der Waals surface area contributed by atoms with Gasteiger partial charge in [0.15, 0.2) is 0 Å². The van der Waals surface area contributed by atoms with Crippen LogP contribution >= 0.6 is 0 Å². The number of hydrogen-bond donors (Lipinski definition) is 0. The second-order valence-electron chi connectivity index (χ2n) is 5.72. The van der Waals surface area contributed by atoms with E-state index in [9.17, 15) is 9.18 Å². The Morgan fingerprint density at radius 2 is 2.36 bits per heavy atom. The first-order valence-corrected chi connectivity index (χ1v) is 7.72. The van der Waals surface area contributed by atoms with Gasteiger partial charge in [-0.1, -0.05) is 12.1 Å². The van der Waals surface area contributed by atoms with Crippen LogP contribution in [0.5, 0.6) is 0 Å². The average Bonchev–Trinajstić information content (AvgIpc) is 2.98. The first-order valence-electron chi connectivity index (χ1n) is 7.72. The zero-order chi connectivity index (χ0) is 15.9. The molecule has 2 rings (SSSR count). The van der Waals surface area contributed by atoms with Crippen molar-refractivity contribution in [3.8, 4) is 6.07 Å². The van der Waals surface area contributed by atoms with Crippen molar-refractivity contribution >= 4 is 5.91 Å². The molecular weight excluding hydrogens is 281 g/mol. The molecule has 22 heavy (non-hydrogen) atoms. The Bertz CT molecular complexity index is 555. The third-order valence-electron chi connectivity index (χ3n) is 4.19. The number of halogens is 1. The predicted molar refractivity (Wildman–Crippen MR) is 82.4 cm³/mol. The lowest BCUT2D eigenvalue weighted by Crippen LogP contribution is -2.32. The molecule has 1 saturated heterocycles. The van der Waals surface area contributed by atoms with Crippen molar-refractivity contribution in [2.75, 3.05) is 26.7 Å². The number of likely N-dealkylation sites (tertiary alicyclic amines) is 1. The van der Waals surface area contributed by atoms with Crippen molar-refractivity contribution in [3.63, 3.8) is 0 Å². The molecule has 0 bridgehead atoms. The summed E-state index contributed by atoms with van der Waals surface area (Å²) in [4.78, 5) is 15.9. The number of carbonyl (C=O) groups excluding carboxylic acids is 1. The van der Waals surface area contributed by atoms with E-state index in [1.54, 1.807) is 24.1 Å². The van der Waals surface area contributed by atoms with Gasteiger partial charge >= 0.3 is 0 Å². The molecule has 0 N–H and O–H groups in total. The molecule has 4 nitrogen and oxygen atoms in total. The van der Waals surface area contributed by atoms with Crippen LogP contribution in [0.1, 0.15) is 37.3 Å². The third kappa shape index (κ3) is 4.28. The second-order valence-corrected chi connectivity index (χ2v) is 5.72. The van der Waals surface area contributed by atoms with E-state index in [-0.39, 0.29) is 17.8 Å². The molecule has 0 saturated carbocycles. The van der Waals surface area contributed by atoms with Crippen molar-refractivity contribution < 1.29 is 9.18 Å². The van der Waals surface area contributed by atoms with Crippen LogP contribution in [0.25, 0.3) is 0 Å². The molecule has 1 aromatic rings. The van der Waals surface area contributed by atoms with Gasteiger partial charge in [-0.3, -0.25) is 9.69 Å². The van der Waals surface area contributed by atoms with E-state index in [0.29, 0.717) is 25.9 Å². The van der Waals surface area contributed by atoms with E-state index in [2.05, 4.69) is 4.90 Å². The van der Waals surface area contributed by atoms with E-state index >= 15 is 0 Å². The molecule has 0 aliphatic carbocycles. The lowest BCUT2D eigenvalue weighted by molar-refractivity contribution is -0.130. The van der Waals surface area contributed by atoms with Crippen molar-refractivity contribution in [3.05, 3.63) is 35.6 Å². The molecule has 0 radical (unpaired) electrons. The Labute approximate surface area is 131 Å². The van der Waals surface area contributed by atoms with Crippen LogP contribution < -0.4 is 0 Å². The number of nitrogens with zero attached hydrogens (tertiary/aromatic N) is 3. The molecular formula is C17H22FN3O. The molecule has 1 fully saturated rings. The first kappa shape index (κ1) is 16.4. The molecule has 5 heteroatoms. The van der Waals surface area contributed by atoms with Crippen LogP contribution in [0.15, 0.2) is 24.3 Å². The highest BCUT2D eigenvalue weighted by atomic mass is 19.1. The Morgan fingerprint density at radius 3 is 3.09 bits per heavy atom. The molecule has 1 aromatic carbocycles. The number of carbonyl (C=O) groups is 1. The molecule has 1 amide bonds. The number of rotatable bonds is 6. The van der Waals surface area contributed by atoms with Crippen molar-refractivity contribution in [2.45, 2.75) is 31.7 Å². The van der Waals surface area contributed by atoms with Crippen molar-refractivity contribution in [1.29, 1.82) is 5.26 Å². The molecule has 0 aromatic heterocycles. The van der Waals surface area contributed by atoms with Gasteiger partial charge in [0, 0.05) is 32.6 Å². The fourth-order valence-corrected chi connectivity index (χ4v) is 2.96. The van der Waals surface area contributed by atoms with Gasteiger partial charge in [-0.05, 0) is 37.1 Å². The quantitative estimate of drug-likeness (QED) is 0.812. The second kappa shape index (κ2) is 7.90. The van der Waals surface area contributed by atoms with Crippen LogP contribution in [-0.4, -0.2) is 42.4 Å². The van der Waals surface area contributed by atoms with E-state index in [0.717, 1.165) is 24.9 Å². The summed E-state index contributed by atoms with van der Waals surface area (Å²) < 4.78 is 13.4. The van der Waals surface area contributed by atoms with Gasteiger partial charge in [-0.15, -0.1) is 0 Å². The predicted octanol–water partition coefficient (Wildman–Crippen LogP) is 2.72. The Balaban J connectivity index is 1.89. The molecule has 1 aliphatic heterocycles. The summed E-state index contributed by atoms with van der Waals surface area (Å²) in [6.07, 6.45) is 2.87. The van der Waals surface area contributed by atoms with Gasteiger partial charge < -0.3 is 4.90 Å². The fraction of sp³-hybridized carbons (Fsp3) is 0.529. The summed E-state index contributed by atoms with van der Waals surface area (Å²) >= 11 is 0. The van der Waals surface area contributed by atoms with Gasteiger partial charge in [-0.25, -0.2) is 4.39 Å². The molecule has 1 unspecified atom stereocenters. The fourth-order valence-electron chi connectivity index (χ4n) is 2.96. The van der Waals surface area contributed by atoms with Crippen LogP contribution in [0.3, 0.4) is 0 Å². The van der Waals surface area contributed by atoms with E-state index in [4.69, 9.17) is 5.26 Å². The summed E-state index contributed by atoms with van der Waals surface area (Å²) in [5, 5.41) is 8.56. The van der Waals surface area contributed by atoms with Gasteiger partial charge in [-0.2, -0.15) is 5.26 Å². The van der Waals surface area contributed by atoms with Crippen LogP contribution in [0.2, 0.25) is 0 Å². The Kier molecular flexibility index (Phi) is 5.91. The highest BCUT2D eigenvalue weighted by molar-refractivity contribution is 5.76. The van der Waals surface area contributed by atoms with Crippen LogP contribution in [0, 0.1) is 17.1 Å². The van der Waals surface area contributed by atoms with Crippen molar-refractivity contribution in [2.24, 2.45) is 0 Å². The SMILES string of the molecule is CN(CCC#N)C(=O)CCN1CCCC1c1cccc(F)c1. The van der Waals surface area contributed by atoms with Crippen LogP contribution in [0.4, 0.5) is 4.39 Å². The summed E-state index contributed by atoms with van der Waals surface area (Å²) in [6, 6.07) is 8.98. The summed E-state index contributed by atoms with van der Waals surface area (Å²) in [7, 11) is 1.73. The molecule has 0 spiro atoms. The highest BCUT2D eigenvalue weighted by Crippen LogP contribution is 2.32. The maximum atomic E-state index is 13.4. The molecule has 118 valence electrons. The summed E-state index contributed by atoms with van der Waals surface area (Å²) in [5.74, 6) is -0.156. The van der Waals surface area contributed by atoms with Crippen molar-refractivity contribution in [1.82, 2.24) is 9.80 Å². The lowest BCUT2D eigenvalue weighted by Gasteiger charge is -2.25. The largest absolute Gasteiger partial charge is 0.345 e. The Hall–Kier alpha value is -1.93. The van der Waals surface area contributed by atoms with E-state index in [1.807, 2.05) is 12.1 Å². The smallest absolute Gasteiger partial charge is 0.223 e. The van der Waals surface area contributed by atoms with Gasteiger partial charge in [0.2, 0.25) is 5.91 Å². The number of nitriles is 1. The molecule has 1 heterocycles. The highest BCUT2D eigenvalue weighted by Gasteiger charge is 2.26. The zero-order valence-corrected chi connectivity index (χ0v) is 13.0. The monoisotopic (exact) mass is 303 g/mol. The summed E-state index contributed by atoms with van der Waals surface area (Å²) in [6.45, 7) is 2.09. The van der Waals surface area contributed by atoms with Crippen LogP contribution in [-0.2, 0) is 4.79 Å². The van der Waals surface area contributed by atoms with Gasteiger partial charge in [0.05, 0.1) is 12.5 Å². The maximum absolute atomic E-state index is 13.4. The third-order valence-corrected chi connectivity index (χ3v) is 4.19. The van der Waals surface area contributed by atoms with E-state index < -0.39 is 0 Å². The van der Waals surface area contributed by atoms with Gasteiger partial charge in [0.1, 0.15) is 5.82 Å². The minimum atomic E-state index is -0.211. The molecule has 1 atom stereocenters. The number of amides is 1. The minimum absolute atomic E-state index is 0.0557. The maximum Gasteiger partial charge on any atom is 0.223 e. The number of hydrogen-bond acceptors (Lipinski definition) is 3. The van der Waals surface area contributed by atoms with E-state index in [1.165, 1.54) is 6.07 Å². The normalized spacial score (nSPS) is 18.1. The number of benzene rings is 1. The average molecular weight is 303 g/mol. The Morgan fingerprint density at radius 1 is 1.55 bits per heavy atom. The lowest BCUT2D eigenvalue weighted by atomic mass is 10.0. The standard InChI is InChI=1S/C17H22FN3O/c1-20(10-4-9-19)17(22)8-12-21-11-3-7-16(21)14-5-2-6-15(18)13-14/h2,5-6,13,16H,3-4,7-8,10-12H2,1H3. The topological polar surface area (TPSA) is 47.3 Å². The van der Waals surface area contributed by atoms with Gasteiger partial charge in [0.25, 0.3) is 0 Å².